The highest BCUT2D eigenvalue weighted by Gasteiger charge is 2.22. The average Bonchev–Trinajstić information content (AvgIpc) is 2.89. The quantitative estimate of drug-likeness (QED) is 0.435. The molecule has 0 radical (unpaired) electrons. The molecule has 0 aliphatic carbocycles. The van der Waals surface area contributed by atoms with Crippen molar-refractivity contribution in [1.82, 2.24) is 0 Å². The fourth-order valence-corrected chi connectivity index (χ4v) is 4.62. The van der Waals surface area contributed by atoms with Crippen LogP contribution in [0.5, 0.6) is 5.75 Å². The molecule has 0 saturated carbocycles. The van der Waals surface area contributed by atoms with E-state index in [-0.39, 0.29) is 17.9 Å². The number of benzene rings is 3. The first-order valence-corrected chi connectivity index (χ1v) is 12.1. The molecule has 1 fully saturated rings. The Hall–Kier alpha value is -3.80. The van der Waals surface area contributed by atoms with E-state index in [0.717, 1.165) is 49.4 Å². The summed E-state index contributed by atoms with van der Waals surface area (Å²) >= 11 is 0. The molecule has 1 amide bonds. The van der Waals surface area contributed by atoms with E-state index in [0.29, 0.717) is 18.0 Å². The Balaban J connectivity index is 1.34. The van der Waals surface area contributed by atoms with Gasteiger partial charge in [0.2, 0.25) is 5.91 Å². The second kappa shape index (κ2) is 11.6. The molecular formula is C29H32N2O4. The third-order valence-corrected chi connectivity index (χ3v) is 6.65. The molecule has 3 aromatic rings. The van der Waals surface area contributed by atoms with Gasteiger partial charge in [-0.2, -0.15) is 0 Å². The number of aromatic carboxylic acids is 1. The maximum atomic E-state index is 12.5. The lowest BCUT2D eigenvalue weighted by Crippen LogP contribution is -2.34. The van der Waals surface area contributed by atoms with E-state index >= 15 is 0 Å². The van der Waals surface area contributed by atoms with Gasteiger partial charge in [-0.05, 0) is 73.1 Å². The molecule has 0 aromatic heterocycles. The minimum absolute atomic E-state index is 0.117. The molecule has 1 heterocycles. The Bertz CT molecular complexity index is 1140. The number of nitrogens with zero attached hydrogens (tertiary/aromatic N) is 1. The molecule has 35 heavy (non-hydrogen) atoms. The zero-order chi connectivity index (χ0) is 24.6. The molecular weight excluding hydrogens is 440 g/mol. The summed E-state index contributed by atoms with van der Waals surface area (Å²) in [5, 5.41) is 12.6. The highest BCUT2D eigenvalue weighted by atomic mass is 16.5. The summed E-state index contributed by atoms with van der Waals surface area (Å²) in [7, 11) is 1.61. The summed E-state index contributed by atoms with van der Waals surface area (Å²) in [6, 6.07) is 23.4. The lowest BCUT2D eigenvalue weighted by atomic mass is 9.90. The van der Waals surface area contributed by atoms with Crippen molar-refractivity contribution in [2.24, 2.45) is 5.92 Å². The first-order valence-electron chi connectivity index (χ1n) is 12.1. The highest BCUT2D eigenvalue weighted by Crippen LogP contribution is 2.29. The molecule has 6 nitrogen and oxygen atoms in total. The molecule has 4 rings (SSSR count). The molecule has 1 saturated heterocycles. The topological polar surface area (TPSA) is 78.9 Å². The Morgan fingerprint density at radius 2 is 1.69 bits per heavy atom. The summed E-state index contributed by atoms with van der Waals surface area (Å²) in [4.78, 5) is 26.7. The number of aryl methyl sites for hydroxylation is 1. The van der Waals surface area contributed by atoms with Gasteiger partial charge in [-0.3, -0.25) is 4.79 Å². The number of rotatable bonds is 9. The van der Waals surface area contributed by atoms with Gasteiger partial charge in [-0.1, -0.05) is 42.5 Å². The number of carboxylic acid groups (broad SMARTS) is 1. The number of carbonyl (C=O) groups is 2. The van der Waals surface area contributed by atoms with Crippen molar-refractivity contribution < 1.29 is 19.4 Å². The lowest BCUT2D eigenvalue weighted by molar-refractivity contribution is -0.116. The normalized spacial score (nSPS) is 13.9. The van der Waals surface area contributed by atoms with Crippen LogP contribution in [-0.2, 0) is 17.6 Å². The van der Waals surface area contributed by atoms with Crippen molar-refractivity contribution in [3.63, 3.8) is 0 Å². The van der Waals surface area contributed by atoms with Gasteiger partial charge in [-0.25, -0.2) is 4.79 Å². The molecule has 0 unspecified atom stereocenters. The standard InChI is InChI=1S/C29H32N2O4/c1-35-25-11-7-21(8-12-25)9-14-28(32)30-27-13-10-24(20-26(27)29(33)34)31-17-15-23(16-18-31)19-22-5-3-2-4-6-22/h2-8,10-13,20,23H,9,14-19H2,1H3,(H,30,32)(H,33,34). The van der Waals surface area contributed by atoms with Crippen molar-refractivity contribution >= 4 is 23.3 Å². The van der Waals surface area contributed by atoms with Gasteiger partial charge in [-0.15, -0.1) is 0 Å². The highest BCUT2D eigenvalue weighted by molar-refractivity contribution is 6.01. The number of ether oxygens (including phenoxy) is 1. The Morgan fingerprint density at radius 1 is 0.971 bits per heavy atom. The minimum Gasteiger partial charge on any atom is -0.497 e. The van der Waals surface area contributed by atoms with Crippen molar-refractivity contribution in [3.8, 4) is 5.75 Å². The Labute approximate surface area is 206 Å². The summed E-state index contributed by atoms with van der Waals surface area (Å²) in [5.41, 5.74) is 3.72. The van der Waals surface area contributed by atoms with Crippen LogP contribution < -0.4 is 15.0 Å². The maximum absolute atomic E-state index is 12.5. The number of hydrogen-bond donors (Lipinski definition) is 2. The number of carboxylic acids is 1. The van der Waals surface area contributed by atoms with Gasteiger partial charge in [0.05, 0.1) is 18.4 Å². The van der Waals surface area contributed by atoms with Crippen LogP contribution in [-0.4, -0.2) is 37.2 Å². The van der Waals surface area contributed by atoms with E-state index in [1.54, 1.807) is 19.2 Å². The lowest BCUT2D eigenvalue weighted by Gasteiger charge is -2.34. The first kappa shape index (κ1) is 24.3. The Morgan fingerprint density at radius 3 is 2.34 bits per heavy atom. The fourth-order valence-electron chi connectivity index (χ4n) is 4.62. The molecule has 2 N–H and O–H groups in total. The summed E-state index contributed by atoms with van der Waals surface area (Å²) in [6.07, 6.45) is 4.05. The molecule has 3 aromatic carbocycles. The van der Waals surface area contributed by atoms with Crippen LogP contribution in [0.15, 0.2) is 72.8 Å². The van der Waals surface area contributed by atoms with E-state index in [1.807, 2.05) is 36.4 Å². The zero-order valence-corrected chi connectivity index (χ0v) is 20.1. The summed E-state index contributed by atoms with van der Waals surface area (Å²) < 4.78 is 5.15. The number of carbonyl (C=O) groups excluding carboxylic acids is 1. The summed E-state index contributed by atoms with van der Waals surface area (Å²) in [6.45, 7) is 1.79. The average molecular weight is 473 g/mol. The predicted octanol–water partition coefficient (Wildman–Crippen LogP) is 5.42. The second-order valence-corrected chi connectivity index (χ2v) is 9.05. The number of nitrogens with one attached hydrogen (secondary N) is 1. The number of methoxy groups -OCH3 is 1. The zero-order valence-electron chi connectivity index (χ0n) is 20.1. The van der Waals surface area contributed by atoms with Crippen LogP contribution >= 0.6 is 0 Å². The van der Waals surface area contributed by atoms with Crippen LogP contribution in [0.4, 0.5) is 11.4 Å². The van der Waals surface area contributed by atoms with E-state index in [4.69, 9.17) is 4.74 Å². The Kier molecular flexibility index (Phi) is 8.03. The number of anilines is 2. The van der Waals surface area contributed by atoms with E-state index in [2.05, 4.69) is 34.5 Å². The number of amides is 1. The monoisotopic (exact) mass is 472 g/mol. The van der Waals surface area contributed by atoms with Gasteiger partial charge in [0.1, 0.15) is 5.75 Å². The molecule has 182 valence electrons. The first-order chi connectivity index (χ1) is 17.0. The van der Waals surface area contributed by atoms with Crippen molar-refractivity contribution in [1.29, 1.82) is 0 Å². The molecule has 1 aliphatic heterocycles. The minimum atomic E-state index is -1.05. The van der Waals surface area contributed by atoms with E-state index in [9.17, 15) is 14.7 Å². The molecule has 0 spiro atoms. The van der Waals surface area contributed by atoms with Crippen LogP contribution in [0.2, 0.25) is 0 Å². The van der Waals surface area contributed by atoms with Gasteiger partial charge < -0.3 is 20.1 Å². The van der Waals surface area contributed by atoms with Crippen LogP contribution in [0.1, 0.15) is 40.7 Å². The third kappa shape index (κ3) is 6.63. The predicted molar refractivity (Wildman–Crippen MR) is 138 cm³/mol. The maximum Gasteiger partial charge on any atom is 0.337 e. The van der Waals surface area contributed by atoms with E-state index < -0.39 is 5.97 Å². The van der Waals surface area contributed by atoms with Crippen LogP contribution in [0, 0.1) is 5.92 Å². The number of hydrogen-bond acceptors (Lipinski definition) is 4. The van der Waals surface area contributed by atoms with Crippen molar-refractivity contribution in [2.45, 2.75) is 32.1 Å². The molecule has 0 bridgehead atoms. The molecule has 1 aliphatic rings. The molecule has 6 heteroatoms. The van der Waals surface area contributed by atoms with Crippen molar-refractivity contribution in [3.05, 3.63) is 89.5 Å². The van der Waals surface area contributed by atoms with Crippen LogP contribution in [0.3, 0.4) is 0 Å². The third-order valence-electron chi connectivity index (χ3n) is 6.65. The fraction of sp³-hybridized carbons (Fsp3) is 0.310. The van der Waals surface area contributed by atoms with Gasteiger partial charge in [0.15, 0.2) is 0 Å². The largest absolute Gasteiger partial charge is 0.497 e. The van der Waals surface area contributed by atoms with Crippen LogP contribution in [0.25, 0.3) is 0 Å². The van der Waals surface area contributed by atoms with Gasteiger partial charge >= 0.3 is 5.97 Å². The van der Waals surface area contributed by atoms with Crippen molar-refractivity contribution in [2.75, 3.05) is 30.4 Å². The van der Waals surface area contributed by atoms with Gasteiger partial charge in [0.25, 0.3) is 0 Å². The van der Waals surface area contributed by atoms with E-state index in [1.165, 1.54) is 5.56 Å². The number of piperidine rings is 1. The SMILES string of the molecule is COc1ccc(CCC(=O)Nc2ccc(N3CCC(Cc4ccccc4)CC3)cc2C(=O)O)cc1. The van der Waals surface area contributed by atoms with Gasteiger partial charge in [0, 0.05) is 25.2 Å². The smallest absolute Gasteiger partial charge is 0.337 e. The molecule has 0 atom stereocenters. The second-order valence-electron chi connectivity index (χ2n) is 9.05. The summed E-state index contributed by atoms with van der Waals surface area (Å²) in [5.74, 6) is 0.149.